The molecule has 1 N–H and O–H groups in total. The van der Waals surface area contributed by atoms with Crippen LogP contribution in [0.3, 0.4) is 0 Å². The largest absolute Gasteiger partial charge is 0.326 e. The third-order valence-electron chi connectivity index (χ3n) is 2.54. The van der Waals surface area contributed by atoms with Crippen molar-refractivity contribution in [3.05, 3.63) is 29.1 Å². The van der Waals surface area contributed by atoms with Crippen molar-refractivity contribution in [2.75, 3.05) is 11.2 Å². The molecule has 2 rings (SSSR count). The fourth-order valence-electron chi connectivity index (χ4n) is 1.72. The van der Waals surface area contributed by atoms with Gasteiger partial charge in [-0.1, -0.05) is 0 Å². The van der Waals surface area contributed by atoms with Gasteiger partial charge in [0.25, 0.3) is 0 Å². The average molecular weight is 242 g/mol. The van der Waals surface area contributed by atoms with Crippen molar-refractivity contribution in [1.82, 2.24) is 0 Å². The Balaban J connectivity index is 2.48. The number of amides is 1. The molecular weight excluding hydrogens is 233 g/mol. The number of carbonyl (C=O) groups is 2. The van der Waals surface area contributed by atoms with Gasteiger partial charge >= 0.3 is 0 Å². The molecule has 1 heterocycles. The highest BCUT2D eigenvalue weighted by Crippen LogP contribution is 2.27. The van der Waals surface area contributed by atoms with Gasteiger partial charge < -0.3 is 5.32 Å². The maximum atomic E-state index is 13.9. The van der Waals surface area contributed by atoms with E-state index in [1.165, 1.54) is 12.1 Å². The van der Waals surface area contributed by atoms with Crippen LogP contribution >= 0.6 is 11.6 Å². The van der Waals surface area contributed by atoms with Gasteiger partial charge in [0.1, 0.15) is 5.82 Å². The molecule has 0 atom stereocenters. The molecule has 0 fully saturated rings. The molecule has 1 aliphatic heterocycles. The van der Waals surface area contributed by atoms with Crippen LogP contribution in [0.1, 0.15) is 22.3 Å². The number of fused-ring (bicyclic) bond motifs is 1. The Bertz CT molecular complexity index is 473. The summed E-state index contributed by atoms with van der Waals surface area (Å²) in [6, 6.07) is 2.89. The Hall–Kier alpha value is -1.42. The third-order valence-corrected chi connectivity index (χ3v) is 2.78. The second-order valence-corrected chi connectivity index (χ2v) is 3.83. The molecule has 3 nitrogen and oxygen atoms in total. The highest BCUT2D eigenvalue weighted by Gasteiger charge is 2.22. The molecule has 0 radical (unpaired) electrons. The van der Waals surface area contributed by atoms with Crippen molar-refractivity contribution < 1.29 is 14.0 Å². The number of anilines is 1. The van der Waals surface area contributed by atoms with Crippen LogP contribution in [0.25, 0.3) is 0 Å². The van der Waals surface area contributed by atoms with Gasteiger partial charge in [-0.15, -0.1) is 11.6 Å². The SMILES string of the molecule is O=C1CCc2c(ccc(C(=O)CCl)c2F)N1. The summed E-state index contributed by atoms with van der Waals surface area (Å²) in [6.45, 7) is 0. The zero-order valence-electron chi connectivity index (χ0n) is 8.35. The Kier molecular flexibility index (Phi) is 2.92. The van der Waals surface area contributed by atoms with Crippen molar-refractivity contribution in [2.45, 2.75) is 12.8 Å². The first-order valence-electron chi connectivity index (χ1n) is 4.84. The standard InChI is InChI=1S/C11H9ClFNO2/c12-5-9(15)7-1-3-8-6(11(7)13)2-4-10(16)14-8/h1,3H,2,4-5H2,(H,14,16). The lowest BCUT2D eigenvalue weighted by molar-refractivity contribution is -0.116. The average Bonchev–Trinajstić information content (AvgIpc) is 2.28. The lowest BCUT2D eigenvalue weighted by Gasteiger charge is -2.18. The number of halogens is 2. The van der Waals surface area contributed by atoms with E-state index in [2.05, 4.69) is 5.32 Å². The second-order valence-electron chi connectivity index (χ2n) is 3.56. The van der Waals surface area contributed by atoms with Gasteiger partial charge in [0.05, 0.1) is 11.4 Å². The monoisotopic (exact) mass is 241 g/mol. The normalized spacial score (nSPS) is 14.2. The number of hydrogen-bond acceptors (Lipinski definition) is 2. The van der Waals surface area contributed by atoms with Crippen LogP contribution in [0.5, 0.6) is 0 Å². The van der Waals surface area contributed by atoms with Gasteiger partial charge in [-0.2, -0.15) is 0 Å². The van der Waals surface area contributed by atoms with E-state index in [-0.39, 0.29) is 23.8 Å². The van der Waals surface area contributed by atoms with E-state index in [4.69, 9.17) is 11.6 Å². The molecule has 1 aromatic carbocycles. The molecule has 0 unspecified atom stereocenters. The van der Waals surface area contributed by atoms with Crippen LogP contribution in [-0.4, -0.2) is 17.6 Å². The molecule has 0 bridgehead atoms. The highest BCUT2D eigenvalue weighted by atomic mass is 35.5. The summed E-state index contributed by atoms with van der Waals surface area (Å²) in [4.78, 5) is 22.4. The van der Waals surface area contributed by atoms with Crippen LogP contribution < -0.4 is 5.32 Å². The maximum Gasteiger partial charge on any atom is 0.224 e. The molecule has 0 aromatic heterocycles. The zero-order chi connectivity index (χ0) is 11.7. The number of hydrogen-bond donors (Lipinski definition) is 1. The van der Waals surface area contributed by atoms with Crippen LogP contribution in [-0.2, 0) is 11.2 Å². The second kappa shape index (κ2) is 4.22. The van der Waals surface area contributed by atoms with Gasteiger partial charge in [0, 0.05) is 17.7 Å². The van der Waals surface area contributed by atoms with Crippen LogP contribution in [0.4, 0.5) is 10.1 Å². The summed E-state index contributed by atoms with van der Waals surface area (Å²) in [5, 5.41) is 2.56. The quantitative estimate of drug-likeness (QED) is 0.637. The number of alkyl halides is 1. The fraction of sp³-hybridized carbons (Fsp3) is 0.273. The maximum absolute atomic E-state index is 13.9. The zero-order valence-corrected chi connectivity index (χ0v) is 9.10. The molecule has 0 spiro atoms. The van der Waals surface area contributed by atoms with E-state index in [1.807, 2.05) is 0 Å². The summed E-state index contributed by atoms with van der Waals surface area (Å²) in [5.41, 5.74) is 0.820. The lowest BCUT2D eigenvalue weighted by atomic mass is 9.98. The first-order chi connectivity index (χ1) is 7.63. The highest BCUT2D eigenvalue weighted by molar-refractivity contribution is 6.30. The smallest absolute Gasteiger partial charge is 0.224 e. The molecule has 16 heavy (non-hydrogen) atoms. The number of Topliss-reactive ketones (excluding diaryl/α,β-unsaturated/α-hetero) is 1. The van der Waals surface area contributed by atoms with Gasteiger partial charge in [0.15, 0.2) is 5.78 Å². The van der Waals surface area contributed by atoms with Crippen molar-refractivity contribution in [1.29, 1.82) is 0 Å². The number of nitrogens with one attached hydrogen (secondary N) is 1. The van der Waals surface area contributed by atoms with E-state index in [1.54, 1.807) is 0 Å². The molecule has 0 aliphatic carbocycles. The van der Waals surface area contributed by atoms with Gasteiger partial charge in [0.2, 0.25) is 5.91 Å². The van der Waals surface area contributed by atoms with Crippen LogP contribution in [0, 0.1) is 5.82 Å². The minimum absolute atomic E-state index is 0.00935. The van der Waals surface area contributed by atoms with Crippen molar-refractivity contribution in [3.8, 4) is 0 Å². The Morgan fingerprint density at radius 2 is 2.19 bits per heavy atom. The molecule has 1 aliphatic rings. The number of benzene rings is 1. The minimum Gasteiger partial charge on any atom is -0.326 e. The molecule has 5 heteroatoms. The minimum atomic E-state index is -0.567. The van der Waals surface area contributed by atoms with E-state index in [9.17, 15) is 14.0 Å². The Labute approximate surface area is 96.6 Å². The van der Waals surface area contributed by atoms with Crippen molar-refractivity contribution in [2.24, 2.45) is 0 Å². The van der Waals surface area contributed by atoms with E-state index < -0.39 is 11.6 Å². The van der Waals surface area contributed by atoms with Crippen LogP contribution in [0.15, 0.2) is 12.1 Å². The van der Waals surface area contributed by atoms with Gasteiger partial charge in [-0.3, -0.25) is 9.59 Å². The molecule has 84 valence electrons. The van der Waals surface area contributed by atoms with E-state index in [0.717, 1.165) is 0 Å². The van der Waals surface area contributed by atoms with E-state index >= 15 is 0 Å². The Morgan fingerprint density at radius 3 is 2.88 bits per heavy atom. The van der Waals surface area contributed by atoms with Crippen LogP contribution in [0.2, 0.25) is 0 Å². The first kappa shape index (κ1) is 11.1. The first-order valence-corrected chi connectivity index (χ1v) is 5.37. The lowest BCUT2D eigenvalue weighted by Crippen LogP contribution is -2.21. The summed E-state index contributed by atoms with van der Waals surface area (Å²) in [6.07, 6.45) is 0.554. The molecular formula is C11H9ClFNO2. The van der Waals surface area contributed by atoms with Gasteiger partial charge in [-0.25, -0.2) is 4.39 Å². The number of ketones is 1. The molecule has 1 amide bonds. The number of rotatable bonds is 2. The predicted molar refractivity (Wildman–Crippen MR) is 58.4 cm³/mol. The summed E-state index contributed by atoms with van der Waals surface area (Å²) in [7, 11) is 0. The predicted octanol–water partition coefficient (Wildman–Crippen LogP) is 2.13. The Morgan fingerprint density at radius 1 is 1.44 bits per heavy atom. The van der Waals surface area contributed by atoms with Gasteiger partial charge in [-0.05, 0) is 18.6 Å². The number of carbonyl (C=O) groups excluding carboxylic acids is 2. The fourth-order valence-corrected chi connectivity index (χ4v) is 1.87. The summed E-state index contributed by atoms with van der Waals surface area (Å²) in [5.74, 6) is -1.40. The molecule has 0 saturated carbocycles. The molecule has 0 saturated heterocycles. The van der Waals surface area contributed by atoms with Crippen molar-refractivity contribution in [3.63, 3.8) is 0 Å². The summed E-state index contributed by atoms with van der Waals surface area (Å²) >= 11 is 5.38. The summed E-state index contributed by atoms with van der Waals surface area (Å²) < 4.78 is 13.9. The third kappa shape index (κ3) is 1.80. The topological polar surface area (TPSA) is 46.2 Å². The van der Waals surface area contributed by atoms with E-state index in [0.29, 0.717) is 17.7 Å². The van der Waals surface area contributed by atoms with Crippen molar-refractivity contribution >= 4 is 29.0 Å². The molecule has 1 aromatic rings.